The molecule has 122 valence electrons. The van der Waals surface area contributed by atoms with Crippen LogP contribution in [0.25, 0.3) is 11.3 Å². The van der Waals surface area contributed by atoms with Crippen molar-refractivity contribution in [2.45, 2.75) is 6.54 Å². The van der Waals surface area contributed by atoms with Crippen LogP contribution in [0, 0.1) is 0 Å². The molecule has 2 N–H and O–H groups in total. The number of hydrogen-bond acceptors (Lipinski definition) is 4. The first-order valence-corrected chi connectivity index (χ1v) is 7.44. The molecule has 0 aliphatic heterocycles. The van der Waals surface area contributed by atoms with E-state index in [4.69, 9.17) is 9.26 Å². The number of hydrogen-bond donors (Lipinski definition) is 2. The Labute approximate surface area is 139 Å². The van der Waals surface area contributed by atoms with E-state index in [0.29, 0.717) is 11.4 Å². The van der Waals surface area contributed by atoms with Crippen molar-refractivity contribution in [3.05, 3.63) is 66.4 Å². The highest BCUT2D eigenvalue weighted by atomic mass is 16.5. The van der Waals surface area contributed by atoms with Crippen molar-refractivity contribution in [1.29, 1.82) is 0 Å². The molecular weight excluding hydrogens is 306 g/mol. The third-order valence-electron chi connectivity index (χ3n) is 3.40. The molecule has 0 saturated carbocycles. The number of anilines is 1. The van der Waals surface area contributed by atoms with Crippen molar-refractivity contribution < 1.29 is 14.1 Å². The molecular formula is C18H17N3O3. The lowest BCUT2D eigenvalue weighted by atomic mass is 10.1. The summed E-state index contributed by atoms with van der Waals surface area (Å²) in [6.45, 7) is 0.252. The van der Waals surface area contributed by atoms with Crippen LogP contribution >= 0.6 is 0 Å². The summed E-state index contributed by atoms with van der Waals surface area (Å²) in [5.41, 5.74) is 2.38. The van der Waals surface area contributed by atoms with Gasteiger partial charge in [0.1, 0.15) is 11.4 Å². The number of nitrogens with one attached hydrogen (secondary N) is 2. The monoisotopic (exact) mass is 323 g/mol. The van der Waals surface area contributed by atoms with E-state index >= 15 is 0 Å². The average molecular weight is 323 g/mol. The minimum Gasteiger partial charge on any atom is -0.497 e. The zero-order chi connectivity index (χ0) is 16.8. The lowest BCUT2D eigenvalue weighted by Crippen LogP contribution is -2.27. The van der Waals surface area contributed by atoms with Crippen molar-refractivity contribution >= 4 is 11.7 Å². The fourth-order valence-electron chi connectivity index (χ4n) is 2.16. The fourth-order valence-corrected chi connectivity index (χ4v) is 2.16. The number of benzene rings is 2. The van der Waals surface area contributed by atoms with Crippen LogP contribution in [0.15, 0.2) is 65.2 Å². The van der Waals surface area contributed by atoms with E-state index in [1.165, 1.54) is 0 Å². The van der Waals surface area contributed by atoms with Crippen LogP contribution in [-0.2, 0) is 6.54 Å². The van der Waals surface area contributed by atoms with E-state index in [0.717, 1.165) is 17.0 Å². The van der Waals surface area contributed by atoms with Crippen LogP contribution < -0.4 is 15.4 Å². The molecule has 3 aromatic rings. The maximum atomic E-state index is 11.9. The minimum absolute atomic E-state index is 0.252. The van der Waals surface area contributed by atoms with Gasteiger partial charge in [0, 0.05) is 17.3 Å². The second kappa shape index (κ2) is 7.32. The van der Waals surface area contributed by atoms with Crippen LogP contribution in [0.5, 0.6) is 5.75 Å². The highest BCUT2D eigenvalue weighted by Crippen LogP contribution is 2.18. The number of amides is 2. The van der Waals surface area contributed by atoms with Crippen LogP contribution in [0.4, 0.5) is 10.5 Å². The van der Waals surface area contributed by atoms with Gasteiger partial charge in [-0.25, -0.2) is 4.79 Å². The number of methoxy groups -OCH3 is 1. The average Bonchev–Trinajstić information content (AvgIpc) is 3.10. The van der Waals surface area contributed by atoms with Gasteiger partial charge in [-0.1, -0.05) is 35.5 Å². The third-order valence-corrected chi connectivity index (χ3v) is 3.40. The maximum absolute atomic E-state index is 11.9. The van der Waals surface area contributed by atoms with Crippen molar-refractivity contribution in [2.75, 3.05) is 12.4 Å². The molecule has 2 aromatic carbocycles. The highest BCUT2D eigenvalue weighted by molar-refractivity contribution is 5.89. The minimum atomic E-state index is -0.321. The number of carbonyl (C=O) groups is 1. The van der Waals surface area contributed by atoms with Gasteiger partial charge in [-0.2, -0.15) is 0 Å². The standard InChI is InChI=1S/C18H17N3O3/c1-23-15-9-7-14(8-10-15)20-18(22)19-12-16-11-17(21-24-16)13-5-3-2-4-6-13/h2-11H,12H2,1H3,(H2,19,20,22). The number of ether oxygens (including phenoxy) is 1. The van der Waals surface area contributed by atoms with E-state index in [-0.39, 0.29) is 12.6 Å². The van der Waals surface area contributed by atoms with Gasteiger partial charge in [0.25, 0.3) is 0 Å². The summed E-state index contributed by atoms with van der Waals surface area (Å²) >= 11 is 0. The summed E-state index contributed by atoms with van der Waals surface area (Å²) in [6, 6.07) is 18.3. The summed E-state index contributed by atoms with van der Waals surface area (Å²) in [7, 11) is 1.59. The van der Waals surface area contributed by atoms with Gasteiger partial charge in [-0.15, -0.1) is 0 Å². The molecule has 2 amide bonds. The van der Waals surface area contributed by atoms with Gasteiger partial charge in [-0.3, -0.25) is 0 Å². The molecule has 1 aromatic heterocycles. The van der Waals surface area contributed by atoms with E-state index in [9.17, 15) is 4.79 Å². The SMILES string of the molecule is COc1ccc(NC(=O)NCc2cc(-c3ccccc3)no2)cc1. The second-order valence-corrected chi connectivity index (χ2v) is 5.08. The summed E-state index contributed by atoms with van der Waals surface area (Å²) in [5.74, 6) is 1.31. The van der Waals surface area contributed by atoms with E-state index < -0.39 is 0 Å². The third kappa shape index (κ3) is 3.92. The highest BCUT2D eigenvalue weighted by Gasteiger charge is 2.08. The smallest absolute Gasteiger partial charge is 0.319 e. The van der Waals surface area contributed by atoms with Crippen molar-refractivity contribution in [1.82, 2.24) is 10.5 Å². The van der Waals surface area contributed by atoms with Gasteiger partial charge in [0.2, 0.25) is 0 Å². The van der Waals surface area contributed by atoms with Crippen LogP contribution in [0.2, 0.25) is 0 Å². The number of nitrogens with zero attached hydrogens (tertiary/aromatic N) is 1. The van der Waals surface area contributed by atoms with Crippen molar-refractivity contribution in [2.24, 2.45) is 0 Å². The fraction of sp³-hybridized carbons (Fsp3) is 0.111. The van der Waals surface area contributed by atoms with Crippen LogP contribution in [-0.4, -0.2) is 18.3 Å². The predicted octanol–water partition coefficient (Wildman–Crippen LogP) is 3.67. The molecule has 0 bridgehead atoms. The van der Waals surface area contributed by atoms with E-state index in [2.05, 4.69) is 15.8 Å². The lowest BCUT2D eigenvalue weighted by Gasteiger charge is -2.06. The predicted molar refractivity (Wildman–Crippen MR) is 90.8 cm³/mol. The van der Waals surface area contributed by atoms with Gasteiger partial charge in [0.05, 0.1) is 13.7 Å². The largest absolute Gasteiger partial charge is 0.497 e. The first-order valence-electron chi connectivity index (χ1n) is 7.44. The molecule has 0 saturated heterocycles. The summed E-state index contributed by atoms with van der Waals surface area (Å²) in [6.07, 6.45) is 0. The zero-order valence-electron chi connectivity index (χ0n) is 13.2. The van der Waals surface area contributed by atoms with Gasteiger partial charge < -0.3 is 19.9 Å². The first-order chi connectivity index (χ1) is 11.7. The van der Waals surface area contributed by atoms with Crippen LogP contribution in [0.3, 0.4) is 0 Å². The summed E-state index contributed by atoms with van der Waals surface area (Å²) < 4.78 is 10.3. The Kier molecular flexibility index (Phi) is 4.76. The molecule has 0 unspecified atom stereocenters. The van der Waals surface area contributed by atoms with Gasteiger partial charge in [0.15, 0.2) is 5.76 Å². The van der Waals surface area contributed by atoms with E-state index in [1.54, 1.807) is 31.4 Å². The number of urea groups is 1. The van der Waals surface area contributed by atoms with Gasteiger partial charge >= 0.3 is 6.03 Å². The Morgan fingerprint density at radius 1 is 1.12 bits per heavy atom. The molecule has 0 aliphatic rings. The Morgan fingerprint density at radius 3 is 2.58 bits per heavy atom. The molecule has 6 heteroatoms. The lowest BCUT2D eigenvalue weighted by molar-refractivity contribution is 0.250. The summed E-state index contributed by atoms with van der Waals surface area (Å²) in [4.78, 5) is 11.9. The van der Waals surface area contributed by atoms with E-state index in [1.807, 2.05) is 36.4 Å². The quantitative estimate of drug-likeness (QED) is 0.751. The molecule has 0 atom stereocenters. The number of rotatable bonds is 5. The molecule has 1 heterocycles. The first kappa shape index (κ1) is 15.6. The Bertz CT molecular complexity index is 798. The van der Waals surface area contributed by atoms with Crippen LogP contribution in [0.1, 0.15) is 5.76 Å². The van der Waals surface area contributed by atoms with Crippen molar-refractivity contribution in [3.8, 4) is 17.0 Å². The number of aromatic nitrogens is 1. The van der Waals surface area contributed by atoms with Gasteiger partial charge in [-0.05, 0) is 24.3 Å². The Balaban J connectivity index is 1.53. The molecule has 0 fully saturated rings. The Hall–Kier alpha value is -3.28. The molecule has 0 radical (unpaired) electrons. The Morgan fingerprint density at radius 2 is 1.88 bits per heavy atom. The normalized spacial score (nSPS) is 10.2. The molecule has 24 heavy (non-hydrogen) atoms. The summed E-state index contributed by atoms with van der Waals surface area (Å²) in [5, 5.41) is 9.47. The number of carbonyl (C=O) groups excluding carboxylic acids is 1. The molecule has 0 aliphatic carbocycles. The zero-order valence-corrected chi connectivity index (χ0v) is 13.2. The molecule has 0 spiro atoms. The topological polar surface area (TPSA) is 76.4 Å². The van der Waals surface area contributed by atoms with Crippen molar-refractivity contribution in [3.63, 3.8) is 0 Å². The molecule has 3 rings (SSSR count). The second-order valence-electron chi connectivity index (χ2n) is 5.08. The molecule has 6 nitrogen and oxygen atoms in total. The maximum Gasteiger partial charge on any atom is 0.319 e.